The van der Waals surface area contributed by atoms with E-state index in [1.54, 1.807) is 0 Å². The number of para-hydroxylation sites is 2. The summed E-state index contributed by atoms with van der Waals surface area (Å²) in [5, 5.41) is 0. The van der Waals surface area contributed by atoms with Gasteiger partial charge in [0.1, 0.15) is 5.82 Å². The Balaban J connectivity index is 1.63. The van der Waals surface area contributed by atoms with Gasteiger partial charge < -0.3 is 4.57 Å². The van der Waals surface area contributed by atoms with E-state index in [-0.39, 0.29) is 0 Å². The maximum Gasteiger partial charge on any atom is 0.111 e. The first kappa shape index (κ1) is 11.6. The number of aromatic nitrogens is 2. The molecule has 5 rings (SSSR count). The first-order valence-electron chi connectivity index (χ1n) is 7.90. The monoisotopic (exact) mass is 286 g/mol. The lowest BCUT2D eigenvalue weighted by Gasteiger charge is -2.13. The highest BCUT2D eigenvalue weighted by molar-refractivity contribution is 6.17. The summed E-state index contributed by atoms with van der Waals surface area (Å²) in [4.78, 5) is 4.84. The smallest absolute Gasteiger partial charge is 0.111 e. The van der Waals surface area contributed by atoms with Crippen LogP contribution >= 0.6 is 11.6 Å². The van der Waals surface area contributed by atoms with Crippen LogP contribution in [0.25, 0.3) is 11.0 Å². The number of halogens is 1. The van der Waals surface area contributed by atoms with Crippen molar-refractivity contribution in [1.29, 1.82) is 0 Å². The summed E-state index contributed by atoms with van der Waals surface area (Å²) < 4.78 is 2.55. The van der Waals surface area contributed by atoms with Gasteiger partial charge in [0.25, 0.3) is 0 Å². The third-order valence-corrected chi connectivity index (χ3v) is 6.17. The molecule has 4 unspecified atom stereocenters. The first-order valence-corrected chi connectivity index (χ1v) is 8.43. The lowest BCUT2D eigenvalue weighted by atomic mass is 10.0. The molecule has 20 heavy (non-hydrogen) atoms. The van der Waals surface area contributed by atoms with Crippen LogP contribution in [0.2, 0.25) is 0 Å². The standard InChI is InChI=1S/C17H19ClN2/c18-8-7-14-19-12-3-1-2-4-13(12)20(14)17-15-10-5-6-11(9-10)16(15)17/h1-4,10-11,15-17H,5-9H2. The van der Waals surface area contributed by atoms with Gasteiger partial charge in [-0.1, -0.05) is 12.1 Å². The molecule has 1 aromatic heterocycles. The van der Waals surface area contributed by atoms with Crippen LogP contribution in [-0.4, -0.2) is 15.4 Å². The van der Waals surface area contributed by atoms with Crippen molar-refractivity contribution in [2.24, 2.45) is 23.7 Å². The number of benzene rings is 1. The van der Waals surface area contributed by atoms with E-state index in [1.807, 2.05) is 0 Å². The molecule has 0 aliphatic heterocycles. The van der Waals surface area contributed by atoms with Crippen molar-refractivity contribution in [3.8, 4) is 0 Å². The van der Waals surface area contributed by atoms with Gasteiger partial charge in [-0.2, -0.15) is 0 Å². The normalized spacial score (nSPS) is 37.5. The average Bonchev–Trinajstić information content (AvgIpc) is 2.81. The van der Waals surface area contributed by atoms with Gasteiger partial charge in [-0.3, -0.25) is 0 Å². The van der Waals surface area contributed by atoms with Crippen molar-refractivity contribution in [3.63, 3.8) is 0 Å². The minimum Gasteiger partial charge on any atom is -0.324 e. The molecular formula is C17H19ClN2. The number of imidazole rings is 1. The van der Waals surface area contributed by atoms with Crippen molar-refractivity contribution in [3.05, 3.63) is 30.1 Å². The first-order chi connectivity index (χ1) is 9.88. The zero-order valence-electron chi connectivity index (χ0n) is 11.5. The zero-order valence-corrected chi connectivity index (χ0v) is 12.3. The Morgan fingerprint density at radius 2 is 1.90 bits per heavy atom. The van der Waals surface area contributed by atoms with Crippen LogP contribution < -0.4 is 0 Å². The van der Waals surface area contributed by atoms with Gasteiger partial charge in [-0.25, -0.2) is 4.98 Å². The van der Waals surface area contributed by atoms with E-state index in [2.05, 4.69) is 28.8 Å². The van der Waals surface area contributed by atoms with Crippen LogP contribution in [0.1, 0.15) is 31.1 Å². The molecule has 3 heteroatoms. The molecule has 4 atom stereocenters. The molecule has 2 nitrogen and oxygen atoms in total. The maximum absolute atomic E-state index is 6.00. The SMILES string of the molecule is ClCCc1nc2ccccc2n1C1C2C3CCC(C3)C21. The summed E-state index contributed by atoms with van der Waals surface area (Å²) in [7, 11) is 0. The Labute approximate surface area is 124 Å². The lowest BCUT2D eigenvalue weighted by Crippen LogP contribution is -2.09. The predicted molar refractivity (Wildman–Crippen MR) is 81.0 cm³/mol. The number of rotatable bonds is 3. The number of hydrogen-bond acceptors (Lipinski definition) is 1. The summed E-state index contributed by atoms with van der Waals surface area (Å²) in [5.41, 5.74) is 2.47. The molecule has 1 aromatic carbocycles. The molecule has 0 N–H and O–H groups in total. The van der Waals surface area contributed by atoms with Crippen LogP contribution in [-0.2, 0) is 6.42 Å². The van der Waals surface area contributed by atoms with Gasteiger partial charge in [0.05, 0.1) is 11.0 Å². The van der Waals surface area contributed by atoms with Crippen molar-refractivity contribution in [2.45, 2.75) is 31.7 Å². The van der Waals surface area contributed by atoms with Crippen LogP contribution in [0.4, 0.5) is 0 Å². The fourth-order valence-corrected chi connectivity index (χ4v) is 5.48. The molecule has 0 spiro atoms. The van der Waals surface area contributed by atoms with Gasteiger partial charge in [-0.05, 0) is 55.1 Å². The number of aryl methyl sites for hydroxylation is 1. The number of alkyl halides is 1. The molecule has 1 heterocycles. The van der Waals surface area contributed by atoms with Crippen LogP contribution in [0, 0.1) is 23.7 Å². The quantitative estimate of drug-likeness (QED) is 0.779. The molecular weight excluding hydrogens is 268 g/mol. The third-order valence-electron chi connectivity index (χ3n) is 5.98. The van der Waals surface area contributed by atoms with Crippen molar-refractivity contribution < 1.29 is 0 Å². The Kier molecular flexibility index (Phi) is 2.33. The molecule has 0 radical (unpaired) electrons. The summed E-state index contributed by atoms with van der Waals surface area (Å²) in [6, 6.07) is 9.32. The molecule has 3 aliphatic carbocycles. The van der Waals surface area contributed by atoms with E-state index in [0.717, 1.165) is 41.7 Å². The van der Waals surface area contributed by atoms with E-state index < -0.39 is 0 Å². The molecule has 104 valence electrons. The van der Waals surface area contributed by atoms with Gasteiger partial charge in [0.2, 0.25) is 0 Å². The van der Waals surface area contributed by atoms with Crippen molar-refractivity contribution in [1.82, 2.24) is 9.55 Å². The van der Waals surface area contributed by atoms with Gasteiger partial charge in [-0.15, -0.1) is 11.6 Å². The van der Waals surface area contributed by atoms with Gasteiger partial charge in [0, 0.05) is 18.3 Å². The third kappa shape index (κ3) is 1.38. The molecule has 0 amide bonds. The predicted octanol–water partition coefficient (Wildman–Crippen LogP) is 4.03. The average molecular weight is 287 g/mol. The van der Waals surface area contributed by atoms with Crippen molar-refractivity contribution in [2.75, 3.05) is 5.88 Å². The Morgan fingerprint density at radius 3 is 2.65 bits per heavy atom. The maximum atomic E-state index is 6.00. The lowest BCUT2D eigenvalue weighted by molar-refractivity contribution is 0.452. The summed E-state index contributed by atoms with van der Waals surface area (Å²) in [5.74, 6) is 5.76. The fourth-order valence-electron chi connectivity index (χ4n) is 5.31. The van der Waals surface area contributed by atoms with Crippen molar-refractivity contribution >= 4 is 22.6 Å². The van der Waals surface area contributed by atoms with E-state index in [1.165, 1.54) is 30.6 Å². The van der Waals surface area contributed by atoms with Crippen LogP contribution in [0.5, 0.6) is 0 Å². The topological polar surface area (TPSA) is 17.8 Å². The second-order valence-corrected chi connectivity index (χ2v) is 7.18. The Hall–Kier alpha value is -1.02. The minimum absolute atomic E-state index is 0.665. The highest BCUT2D eigenvalue weighted by atomic mass is 35.5. The van der Waals surface area contributed by atoms with E-state index in [0.29, 0.717) is 5.88 Å². The summed E-state index contributed by atoms with van der Waals surface area (Å²) >= 11 is 6.00. The number of fused-ring (bicyclic) bond motifs is 6. The van der Waals surface area contributed by atoms with Gasteiger partial charge >= 0.3 is 0 Å². The highest BCUT2D eigenvalue weighted by Gasteiger charge is 2.66. The molecule has 2 aromatic rings. The second-order valence-electron chi connectivity index (χ2n) is 6.80. The number of nitrogens with zero attached hydrogens (tertiary/aromatic N) is 2. The summed E-state index contributed by atoms with van der Waals surface area (Å²) in [6.45, 7) is 0. The van der Waals surface area contributed by atoms with E-state index >= 15 is 0 Å². The van der Waals surface area contributed by atoms with Crippen LogP contribution in [0.3, 0.4) is 0 Å². The zero-order chi connectivity index (χ0) is 13.3. The van der Waals surface area contributed by atoms with Crippen LogP contribution in [0.15, 0.2) is 24.3 Å². The largest absolute Gasteiger partial charge is 0.324 e. The minimum atomic E-state index is 0.665. The van der Waals surface area contributed by atoms with E-state index in [9.17, 15) is 0 Å². The van der Waals surface area contributed by atoms with Gasteiger partial charge in [0.15, 0.2) is 0 Å². The fraction of sp³-hybridized carbons (Fsp3) is 0.588. The van der Waals surface area contributed by atoms with E-state index in [4.69, 9.17) is 16.6 Å². The second kappa shape index (κ2) is 4.00. The summed E-state index contributed by atoms with van der Waals surface area (Å²) in [6.07, 6.45) is 5.34. The molecule has 3 saturated carbocycles. The molecule has 2 bridgehead atoms. The molecule has 3 aliphatic rings. The molecule has 0 saturated heterocycles. The number of hydrogen-bond donors (Lipinski definition) is 0. The highest BCUT2D eigenvalue weighted by Crippen LogP contribution is 2.71. The Morgan fingerprint density at radius 1 is 1.15 bits per heavy atom. The molecule has 3 fully saturated rings. The Bertz CT molecular complexity index is 661.